The van der Waals surface area contributed by atoms with Gasteiger partial charge in [0.2, 0.25) is 0 Å². The lowest BCUT2D eigenvalue weighted by molar-refractivity contribution is 0.0946. The predicted molar refractivity (Wildman–Crippen MR) is 52.2 cm³/mol. The third-order valence-corrected chi connectivity index (χ3v) is 2.59. The average molecular weight is 171 g/mol. The maximum absolute atomic E-state index is 5.72. The van der Waals surface area contributed by atoms with Crippen LogP contribution in [-0.2, 0) is 0 Å². The summed E-state index contributed by atoms with van der Waals surface area (Å²) in [7, 11) is 2.17. The number of piperazine rings is 1. The number of hydrogen-bond acceptors (Lipinski definition) is 3. The average Bonchev–Trinajstić information content (AvgIpc) is 2.08. The summed E-state index contributed by atoms with van der Waals surface area (Å²) in [4.78, 5) is 4.88. The Kier molecular flexibility index (Phi) is 3.98. The van der Waals surface area contributed by atoms with Gasteiger partial charge in [-0.25, -0.2) is 0 Å². The van der Waals surface area contributed by atoms with Crippen LogP contribution in [0.4, 0.5) is 0 Å². The Hall–Kier alpha value is -0.120. The highest BCUT2D eigenvalue weighted by atomic mass is 15.3. The van der Waals surface area contributed by atoms with Crippen LogP contribution < -0.4 is 5.73 Å². The fourth-order valence-corrected chi connectivity index (χ4v) is 1.85. The second-order valence-corrected chi connectivity index (χ2v) is 3.69. The second kappa shape index (κ2) is 4.80. The minimum atomic E-state index is 0.587. The van der Waals surface area contributed by atoms with Gasteiger partial charge in [-0.3, -0.25) is 4.90 Å². The van der Waals surface area contributed by atoms with Gasteiger partial charge >= 0.3 is 0 Å². The fourth-order valence-electron chi connectivity index (χ4n) is 1.85. The molecule has 12 heavy (non-hydrogen) atoms. The van der Waals surface area contributed by atoms with Crippen LogP contribution in [-0.4, -0.2) is 55.6 Å². The predicted octanol–water partition coefficient (Wildman–Crippen LogP) is -0.0289. The van der Waals surface area contributed by atoms with Crippen LogP contribution in [0.15, 0.2) is 0 Å². The van der Waals surface area contributed by atoms with Gasteiger partial charge in [-0.1, -0.05) is 6.92 Å². The van der Waals surface area contributed by atoms with Crippen LogP contribution in [0.5, 0.6) is 0 Å². The third-order valence-electron chi connectivity index (χ3n) is 2.59. The largest absolute Gasteiger partial charge is 0.329 e. The van der Waals surface area contributed by atoms with Crippen molar-refractivity contribution < 1.29 is 0 Å². The zero-order valence-electron chi connectivity index (χ0n) is 8.29. The minimum absolute atomic E-state index is 0.587. The van der Waals surface area contributed by atoms with Crippen molar-refractivity contribution >= 4 is 0 Å². The summed E-state index contributed by atoms with van der Waals surface area (Å²) in [6.07, 6.45) is 1.24. The van der Waals surface area contributed by atoms with Crippen molar-refractivity contribution in [3.8, 4) is 0 Å². The molecule has 1 fully saturated rings. The number of likely N-dealkylation sites (N-methyl/N-ethyl adjacent to an activating group) is 1. The first-order valence-corrected chi connectivity index (χ1v) is 4.90. The Labute approximate surface area is 75.5 Å². The van der Waals surface area contributed by atoms with Crippen LogP contribution in [0.2, 0.25) is 0 Å². The SMILES string of the molecule is CCCN1CCN(C)CC1CN. The number of rotatable bonds is 3. The molecule has 0 bridgehead atoms. The molecule has 1 saturated heterocycles. The van der Waals surface area contributed by atoms with Gasteiger partial charge in [0.15, 0.2) is 0 Å². The van der Waals surface area contributed by atoms with Gasteiger partial charge in [-0.05, 0) is 20.0 Å². The summed E-state index contributed by atoms with van der Waals surface area (Å²) in [6, 6.07) is 0.587. The van der Waals surface area contributed by atoms with Crippen LogP contribution >= 0.6 is 0 Å². The van der Waals surface area contributed by atoms with Crippen molar-refractivity contribution in [1.29, 1.82) is 0 Å². The summed E-state index contributed by atoms with van der Waals surface area (Å²) in [6.45, 7) is 7.74. The summed E-state index contributed by atoms with van der Waals surface area (Å²) in [5.41, 5.74) is 5.72. The lowest BCUT2D eigenvalue weighted by Gasteiger charge is -2.39. The molecule has 0 radical (unpaired) electrons. The standard InChI is InChI=1S/C9H21N3/c1-3-4-12-6-5-11(2)8-9(12)7-10/h9H,3-8,10H2,1-2H3. The van der Waals surface area contributed by atoms with Crippen molar-refractivity contribution in [2.75, 3.05) is 39.8 Å². The zero-order valence-corrected chi connectivity index (χ0v) is 8.29. The first-order valence-electron chi connectivity index (χ1n) is 4.90. The van der Waals surface area contributed by atoms with Gasteiger partial charge in [0.1, 0.15) is 0 Å². The molecule has 1 rings (SSSR count). The first-order chi connectivity index (χ1) is 5.77. The summed E-state index contributed by atoms with van der Waals surface area (Å²) < 4.78 is 0. The second-order valence-electron chi connectivity index (χ2n) is 3.69. The maximum atomic E-state index is 5.72. The molecule has 1 aliphatic heterocycles. The molecule has 1 aliphatic rings. The van der Waals surface area contributed by atoms with E-state index in [1.54, 1.807) is 0 Å². The normalized spacial score (nSPS) is 27.8. The Morgan fingerprint density at radius 1 is 1.42 bits per heavy atom. The molecule has 1 atom stereocenters. The Morgan fingerprint density at radius 3 is 2.75 bits per heavy atom. The number of nitrogens with two attached hydrogens (primary N) is 1. The number of nitrogens with zero attached hydrogens (tertiary/aromatic N) is 2. The molecular weight excluding hydrogens is 150 g/mol. The van der Waals surface area contributed by atoms with E-state index in [-0.39, 0.29) is 0 Å². The smallest absolute Gasteiger partial charge is 0.0346 e. The molecule has 0 aromatic rings. The van der Waals surface area contributed by atoms with E-state index in [4.69, 9.17) is 5.73 Å². The quantitative estimate of drug-likeness (QED) is 0.647. The molecule has 0 aromatic carbocycles. The van der Waals surface area contributed by atoms with Crippen LogP contribution in [0.3, 0.4) is 0 Å². The van der Waals surface area contributed by atoms with Crippen molar-refractivity contribution in [1.82, 2.24) is 9.80 Å². The van der Waals surface area contributed by atoms with E-state index < -0.39 is 0 Å². The lowest BCUT2D eigenvalue weighted by atomic mass is 10.1. The summed E-state index contributed by atoms with van der Waals surface area (Å²) in [5.74, 6) is 0. The Morgan fingerprint density at radius 2 is 2.17 bits per heavy atom. The molecule has 1 unspecified atom stereocenters. The van der Waals surface area contributed by atoms with Crippen molar-refractivity contribution in [2.45, 2.75) is 19.4 Å². The van der Waals surface area contributed by atoms with E-state index in [1.807, 2.05) is 0 Å². The molecule has 2 N–H and O–H groups in total. The highest BCUT2D eigenvalue weighted by molar-refractivity contribution is 4.80. The van der Waals surface area contributed by atoms with Gasteiger partial charge in [0, 0.05) is 32.2 Å². The van der Waals surface area contributed by atoms with Gasteiger partial charge in [-0.2, -0.15) is 0 Å². The van der Waals surface area contributed by atoms with Gasteiger partial charge < -0.3 is 10.6 Å². The van der Waals surface area contributed by atoms with Gasteiger partial charge in [0.25, 0.3) is 0 Å². The molecule has 0 aliphatic carbocycles. The molecule has 1 heterocycles. The molecule has 72 valence electrons. The van der Waals surface area contributed by atoms with Gasteiger partial charge in [0.05, 0.1) is 0 Å². The van der Waals surface area contributed by atoms with Crippen molar-refractivity contribution in [3.63, 3.8) is 0 Å². The molecule has 0 saturated carbocycles. The lowest BCUT2D eigenvalue weighted by Crippen LogP contribution is -2.54. The maximum Gasteiger partial charge on any atom is 0.0346 e. The molecule has 0 spiro atoms. The van der Waals surface area contributed by atoms with E-state index >= 15 is 0 Å². The van der Waals surface area contributed by atoms with E-state index in [0.29, 0.717) is 6.04 Å². The minimum Gasteiger partial charge on any atom is -0.329 e. The van der Waals surface area contributed by atoms with E-state index in [0.717, 1.165) is 13.1 Å². The topological polar surface area (TPSA) is 32.5 Å². The van der Waals surface area contributed by atoms with Gasteiger partial charge in [-0.15, -0.1) is 0 Å². The highest BCUT2D eigenvalue weighted by Gasteiger charge is 2.22. The van der Waals surface area contributed by atoms with E-state index in [1.165, 1.54) is 26.1 Å². The molecule has 0 amide bonds. The van der Waals surface area contributed by atoms with Crippen molar-refractivity contribution in [3.05, 3.63) is 0 Å². The monoisotopic (exact) mass is 171 g/mol. The zero-order chi connectivity index (χ0) is 8.97. The van der Waals surface area contributed by atoms with Crippen LogP contribution in [0, 0.1) is 0 Å². The molecule has 3 heteroatoms. The fraction of sp³-hybridized carbons (Fsp3) is 1.00. The third kappa shape index (κ3) is 2.44. The summed E-state index contributed by atoms with van der Waals surface area (Å²) >= 11 is 0. The summed E-state index contributed by atoms with van der Waals surface area (Å²) in [5, 5.41) is 0. The van der Waals surface area contributed by atoms with Crippen molar-refractivity contribution in [2.24, 2.45) is 5.73 Å². The first kappa shape index (κ1) is 9.96. The highest BCUT2D eigenvalue weighted by Crippen LogP contribution is 2.07. The van der Waals surface area contributed by atoms with Crippen LogP contribution in [0.25, 0.3) is 0 Å². The molecule has 3 nitrogen and oxygen atoms in total. The van der Waals surface area contributed by atoms with Crippen LogP contribution in [0.1, 0.15) is 13.3 Å². The Balaban J connectivity index is 2.39. The van der Waals surface area contributed by atoms with E-state index in [2.05, 4.69) is 23.8 Å². The van der Waals surface area contributed by atoms with E-state index in [9.17, 15) is 0 Å². The Bertz CT molecular complexity index is 127. The number of hydrogen-bond donors (Lipinski definition) is 1. The molecular formula is C9H21N3. The molecule has 0 aromatic heterocycles.